The minimum atomic E-state index is -0.514. The van der Waals surface area contributed by atoms with E-state index in [-0.39, 0.29) is 22.4 Å². The number of phenols is 1. The highest BCUT2D eigenvalue weighted by atomic mass is 16.3. The number of aromatic hydroxyl groups is 1. The second kappa shape index (κ2) is 5.25. The number of hydrogen-bond acceptors (Lipinski definition) is 4. The van der Waals surface area contributed by atoms with Crippen molar-refractivity contribution in [3.8, 4) is 5.75 Å². The molecule has 1 heterocycles. The van der Waals surface area contributed by atoms with Crippen LogP contribution >= 0.6 is 0 Å². The molecule has 0 bridgehead atoms. The Bertz CT molecular complexity index is 931. The third-order valence-corrected chi connectivity index (χ3v) is 3.30. The second-order valence-electron chi connectivity index (χ2n) is 4.79. The van der Waals surface area contributed by atoms with E-state index in [0.717, 1.165) is 0 Å². The van der Waals surface area contributed by atoms with Crippen molar-refractivity contribution in [3.05, 3.63) is 64.4 Å². The van der Waals surface area contributed by atoms with E-state index >= 15 is 0 Å². The second-order valence-corrected chi connectivity index (χ2v) is 4.79. The summed E-state index contributed by atoms with van der Waals surface area (Å²) in [7, 11) is 0. The predicted octanol–water partition coefficient (Wildman–Crippen LogP) is 2.07. The van der Waals surface area contributed by atoms with Gasteiger partial charge in [0.2, 0.25) is 0 Å². The first-order valence-corrected chi connectivity index (χ1v) is 6.57. The van der Waals surface area contributed by atoms with Crippen molar-refractivity contribution >= 4 is 28.2 Å². The molecular weight excluding hydrogens is 282 g/mol. The molecule has 0 unspecified atom stereocenters. The summed E-state index contributed by atoms with van der Waals surface area (Å²) in [4.78, 5) is 27.1. The number of nitrogens with one attached hydrogen (secondary N) is 2. The minimum Gasteiger partial charge on any atom is -0.506 e. The summed E-state index contributed by atoms with van der Waals surface area (Å²) in [5.41, 5.74) is 6.55. The number of aromatic amines is 1. The molecule has 0 radical (unpaired) electrons. The molecular formula is C16H13N3O3. The lowest BCUT2D eigenvalue weighted by atomic mass is 10.1. The van der Waals surface area contributed by atoms with E-state index in [1.807, 2.05) is 0 Å². The van der Waals surface area contributed by atoms with Crippen molar-refractivity contribution in [2.24, 2.45) is 0 Å². The van der Waals surface area contributed by atoms with Gasteiger partial charge in [-0.15, -0.1) is 0 Å². The lowest BCUT2D eigenvalue weighted by molar-refractivity contribution is 0.102. The number of benzene rings is 2. The van der Waals surface area contributed by atoms with Gasteiger partial charge < -0.3 is 21.1 Å². The fourth-order valence-corrected chi connectivity index (χ4v) is 2.18. The van der Waals surface area contributed by atoms with Gasteiger partial charge in [-0.1, -0.05) is 18.2 Å². The number of anilines is 2. The highest BCUT2D eigenvalue weighted by molar-refractivity contribution is 6.05. The first kappa shape index (κ1) is 13.7. The average molecular weight is 295 g/mol. The number of nitrogens with two attached hydrogens (primary N) is 1. The number of carbonyl (C=O) groups is 1. The Morgan fingerprint density at radius 2 is 1.91 bits per heavy atom. The average Bonchev–Trinajstić information content (AvgIpc) is 2.50. The highest BCUT2D eigenvalue weighted by Crippen LogP contribution is 2.21. The third-order valence-electron chi connectivity index (χ3n) is 3.30. The van der Waals surface area contributed by atoms with Crippen LogP contribution in [0.1, 0.15) is 10.5 Å². The van der Waals surface area contributed by atoms with Crippen LogP contribution in [0.5, 0.6) is 5.75 Å². The summed E-state index contributed by atoms with van der Waals surface area (Å²) >= 11 is 0. The van der Waals surface area contributed by atoms with Crippen molar-refractivity contribution in [3.63, 3.8) is 0 Å². The number of H-pyrrole nitrogens is 1. The van der Waals surface area contributed by atoms with Crippen molar-refractivity contribution in [2.45, 2.75) is 0 Å². The van der Waals surface area contributed by atoms with Crippen LogP contribution in [-0.4, -0.2) is 16.0 Å². The first-order chi connectivity index (χ1) is 10.6. The van der Waals surface area contributed by atoms with Gasteiger partial charge in [-0.05, 0) is 24.3 Å². The van der Waals surface area contributed by atoms with E-state index < -0.39 is 5.91 Å². The smallest absolute Gasteiger partial charge is 0.272 e. The Morgan fingerprint density at radius 3 is 2.68 bits per heavy atom. The molecule has 6 nitrogen and oxygen atoms in total. The van der Waals surface area contributed by atoms with Crippen molar-refractivity contribution in [1.82, 2.24) is 4.98 Å². The summed E-state index contributed by atoms with van der Waals surface area (Å²) in [6.45, 7) is 0. The zero-order valence-electron chi connectivity index (χ0n) is 11.5. The van der Waals surface area contributed by atoms with Crippen molar-refractivity contribution < 1.29 is 9.90 Å². The van der Waals surface area contributed by atoms with Gasteiger partial charge in [-0.2, -0.15) is 0 Å². The standard InChI is InChI=1S/C16H13N3O3/c17-10-5-1-2-6-11(10)19-16(22)12-8-14(21)9-4-3-7-13(20)15(9)18-12/h1-8,20H,17H2,(H,18,21)(H,19,22). The lowest BCUT2D eigenvalue weighted by Gasteiger charge is -2.09. The van der Waals surface area contributed by atoms with Crippen LogP contribution in [0.4, 0.5) is 11.4 Å². The Kier molecular flexibility index (Phi) is 3.27. The summed E-state index contributed by atoms with van der Waals surface area (Å²) in [5.74, 6) is -0.608. The monoisotopic (exact) mass is 295 g/mol. The van der Waals surface area contributed by atoms with Gasteiger partial charge >= 0.3 is 0 Å². The van der Waals surface area contributed by atoms with Crippen LogP contribution in [0.15, 0.2) is 53.3 Å². The van der Waals surface area contributed by atoms with Crippen LogP contribution in [-0.2, 0) is 0 Å². The fraction of sp³-hybridized carbons (Fsp3) is 0. The quantitative estimate of drug-likeness (QED) is 0.543. The molecule has 3 aromatic rings. The summed E-state index contributed by atoms with van der Waals surface area (Å²) < 4.78 is 0. The van der Waals surface area contributed by atoms with E-state index in [9.17, 15) is 14.7 Å². The molecule has 0 fully saturated rings. The maximum atomic E-state index is 12.3. The molecule has 22 heavy (non-hydrogen) atoms. The maximum absolute atomic E-state index is 12.3. The molecule has 1 aromatic heterocycles. The number of phenolic OH excluding ortho intramolecular Hbond substituents is 1. The van der Waals surface area contributed by atoms with Crippen molar-refractivity contribution in [1.29, 1.82) is 0 Å². The topological polar surface area (TPSA) is 108 Å². The fourth-order valence-electron chi connectivity index (χ4n) is 2.18. The van der Waals surface area contributed by atoms with Gasteiger partial charge in [0.05, 0.1) is 16.9 Å². The molecule has 0 saturated carbocycles. The largest absolute Gasteiger partial charge is 0.506 e. The first-order valence-electron chi connectivity index (χ1n) is 6.57. The zero-order chi connectivity index (χ0) is 15.7. The van der Waals surface area contributed by atoms with Crippen LogP contribution < -0.4 is 16.5 Å². The third kappa shape index (κ3) is 2.37. The molecule has 0 aliphatic heterocycles. The molecule has 3 rings (SSSR count). The Balaban J connectivity index is 2.03. The predicted molar refractivity (Wildman–Crippen MR) is 85.0 cm³/mol. The van der Waals surface area contributed by atoms with Crippen LogP contribution in [0.25, 0.3) is 10.9 Å². The summed E-state index contributed by atoms with van der Waals surface area (Å²) in [6, 6.07) is 12.6. The van der Waals surface area contributed by atoms with Gasteiger partial charge in [0, 0.05) is 11.5 Å². The highest BCUT2D eigenvalue weighted by Gasteiger charge is 2.12. The molecule has 110 valence electrons. The number of fused-ring (bicyclic) bond motifs is 1. The maximum Gasteiger partial charge on any atom is 0.272 e. The molecule has 2 aromatic carbocycles. The number of pyridine rings is 1. The van der Waals surface area contributed by atoms with Gasteiger partial charge in [0.1, 0.15) is 11.4 Å². The van der Waals surface area contributed by atoms with E-state index in [1.54, 1.807) is 36.4 Å². The number of aromatic nitrogens is 1. The van der Waals surface area contributed by atoms with Crippen LogP contribution in [0.2, 0.25) is 0 Å². The number of amides is 1. The summed E-state index contributed by atoms with van der Waals surface area (Å²) in [5, 5.41) is 12.8. The molecule has 0 atom stereocenters. The molecule has 5 N–H and O–H groups in total. The molecule has 0 spiro atoms. The number of nitrogen functional groups attached to an aromatic ring is 1. The van der Waals surface area contributed by atoms with E-state index in [1.165, 1.54) is 12.1 Å². The van der Waals surface area contributed by atoms with Crippen LogP contribution in [0, 0.1) is 0 Å². The minimum absolute atomic E-state index is 0.0438. The molecule has 0 aliphatic carbocycles. The Morgan fingerprint density at radius 1 is 1.14 bits per heavy atom. The van der Waals surface area contributed by atoms with E-state index in [0.29, 0.717) is 16.8 Å². The normalized spacial score (nSPS) is 10.5. The SMILES string of the molecule is Nc1ccccc1NC(=O)c1cc(=O)c2cccc(O)c2[nH]1. The van der Waals surface area contributed by atoms with Gasteiger partial charge in [-0.25, -0.2) is 0 Å². The zero-order valence-corrected chi connectivity index (χ0v) is 11.5. The van der Waals surface area contributed by atoms with Gasteiger partial charge in [0.15, 0.2) is 5.43 Å². The van der Waals surface area contributed by atoms with E-state index in [2.05, 4.69) is 10.3 Å². The Hall–Kier alpha value is -3.28. The molecule has 6 heteroatoms. The summed E-state index contributed by atoms with van der Waals surface area (Å²) in [6.07, 6.45) is 0. The number of hydrogen-bond donors (Lipinski definition) is 4. The molecule has 1 amide bonds. The Labute approximate surface area is 125 Å². The van der Waals surface area contributed by atoms with Crippen molar-refractivity contribution in [2.75, 3.05) is 11.1 Å². The van der Waals surface area contributed by atoms with Crippen LogP contribution in [0.3, 0.4) is 0 Å². The molecule has 0 saturated heterocycles. The number of para-hydroxylation sites is 3. The van der Waals surface area contributed by atoms with Gasteiger partial charge in [0.25, 0.3) is 5.91 Å². The number of carbonyl (C=O) groups excluding carboxylic acids is 1. The molecule has 0 aliphatic rings. The lowest BCUT2D eigenvalue weighted by Crippen LogP contribution is -2.17. The van der Waals surface area contributed by atoms with E-state index in [4.69, 9.17) is 5.73 Å². The van der Waals surface area contributed by atoms with Gasteiger partial charge in [-0.3, -0.25) is 9.59 Å². The number of rotatable bonds is 2.